The number of rotatable bonds is 4. The molecule has 2 N–H and O–H groups in total. The molecule has 0 aliphatic carbocycles. The monoisotopic (exact) mass is 271 g/mol. The van der Waals surface area contributed by atoms with Gasteiger partial charge in [0.2, 0.25) is 0 Å². The van der Waals surface area contributed by atoms with Gasteiger partial charge in [-0.3, -0.25) is 5.10 Å². The summed E-state index contributed by atoms with van der Waals surface area (Å²) in [4.78, 5) is 0. The number of para-hydroxylation sites is 1. The van der Waals surface area contributed by atoms with Crippen molar-refractivity contribution in [2.75, 3.05) is 5.32 Å². The van der Waals surface area contributed by atoms with Crippen LogP contribution in [0.5, 0.6) is 0 Å². The molecule has 4 nitrogen and oxygen atoms in total. The molecule has 0 saturated heterocycles. The fourth-order valence-corrected chi connectivity index (χ4v) is 2.02. The third-order valence-corrected chi connectivity index (χ3v) is 3.05. The van der Waals surface area contributed by atoms with Crippen LogP contribution >= 0.6 is 0 Å². The van der Waals surface area contributed by atoms with Crippen LogP contribution in [0.2, 0.25) is 0 Å². The van der Waals surface area contributed by atoms with E-state index in [2.05, 4.69) is 15.5 Å². The zero-order chi connectivity index (χ0) is 13.9. The summed E-state index contributed by atoms with van der Waals surface area (Å²) in [5.74, 6) is 1.29. The highest BCUT2D eigenvalue weighted by atomic mass is 19.1. The predicted octanol–water partition coefficient (Wildman–Crippen LogP) is 3.73. The number of nitrogens with zero attached hydrogens (tertiary/aromatic N) is 1. The Morgan fingerprint density at radius 2 is 2.10 bits per heavy atom. The van der Waals surface area contributed by atoms with Crippen LogP contribution in [0.1, 0.15) is 11.3 Å². The van der Waals surface area contributed by atoms with Crippen molar-refractivity contribution in [3.05, 3.63) is 59.7 Å². The number of nitrogens with one attached hydrogen (secondary N) is 2. The van der Waals surface area contributed by atoms with Crippen molar-refractivity contribution in [3.63, 3.8) is 0 Å². The Kier molecular flexibility index (Phi) is 3.25. The number of furan rings is 1. The summed E-state index contributed by atoms with van der Waals surface area (Å²) in [7, 11) is 0. The summed E-state index contributed by atoms with van der Waals surface area (Å²) >= 11 is 0. The van der Waals surface area contributed by atoms with E-state index in [0.717, 1.165) is 22.8 Å². The molecule has 0 fully saturated rings. The van der Waals surface area contributed by atoms with Crippen LogP contribution in [0.15, 0.2) is 47.0 Å². The number of benzene rings is 1. The van der Waals surface area contributed by atoms with E-state index in [1.165, 1.54) is 6.07 Å². The van der Waals surface area contributed by atoms with Gasteiger partial charge in [0.05, 0.1) is 11.9 Å². The number of hydrogen-bond acceptors (Lipinski definition) is 3. The maximum atomic E-state index is 13.5. The molecule has 2 heterocycles. The average Bonchev–Trinajstić information content (AvgIpc) is 3.06. The van der Waals surface area contributed by atoms with Crippen LogP contribution in [-0.4, -0.2) is 10.2 Å². The zero-order valence-electron chi connectivity index (χ0n) is 11.0. The Balaban J connectivity index is 1.79. The van der Waals surface area contributed by atoms with Crippen molar-refractivity contribution in [1.29, 1.82) is 0 Å². The lowest BCUT2D eigenvalue weighted by Crippen LogP contribution is -2.01. The number of aryl methyl sites for hydroxylation is 1. The number of halogens is 1. The largest absolute Gasteiger partial charge is 0.460 e. The lowest BCUT2D eigenvalue weighted by molar-refractivity contribution is 0.545. The van der Waals surface area contributed by atoms with Crippen LogP contribution in [0.25, 0.3) is 11.5 Å². The highest BCUT2D eigenvalue weighted by Gasteiger charge is 2.11. The summed E-state index contributed by atoms with van der Waals surface area (Å²) in [6.45, 7) is 2.35. The number of hydrogen-bond donors (Lipinski definition) is 2. The molecule has 0 aliphatic rings. The van der Waals surface area contributed by atoms with E-state index in [0.29, 0.717) is 12.2 Å². The first-order valence-corrected chi connectivity index (χ1v) is 6.31. The number of aromatic nitrogens is 2. The van der Waals surface area contributed by atoms with Gasteiger partial charge in [0.15, 0.2) is 5.76 Å². The highest BCUT2D eigenvalue weighted by Crippen LogP contribution is 2.24. The Labute approximate surface area is 115 Å². The van der Waals surface area contributed by atoms with E-state index < -0.39 is 0 Å². The second-order valence-corrected chi connectivity index (χ2v) is 4.51. The van der Waals surface area contributed by atoms with E-state index in [9.17, 15) is 4.39 Å². The molecule has 2 aromatic heterocycles. The van der Waals surface area contributed by atoms with Gasteiger partial charge in [0, 0.05) is 12.1 Å². The van der Waals surface area contributed by atoms with Crippen LogP contribution in [0, 0.1) is 12.7 Å². The van der Waals surface area contributed by atoms with Gasteiger partial charge < -0.3 is 9.73 Å². The van der Waals surface area contributed by atoms with Gasteiger partial charge in [0.1, 0.15) is 17.3 Å². The average molecular weight is 271 g/mol. The number of H-pyrrole nitrogens is 1. The molecule has 3 aromatic rings. The van der Waals surface area contributed by atoms with E-state index in [4.69, 9.17) is 4.42 Å². The summed E-state index contributed by atoms with van der Waals surface area (Å²) in [6.07, 6.45) is 1.71. The fourth-order valence-electron chi connectivity index (χ4n) is 2.02. The SMILES string of the molecule is Cc1ccc(-c2[nH]ncc2CNc2ccccc2F)o1. The number of aromatic amines is 1. The molecule has 1 aromatic carbocycles. The van der Waals surface area contributed by atoms with E-state index in [1.54, 1.807) is 24.4 Å². The van der Waals surface area contributed by atoms with E-state index in [1.807, 2.05) is 19.1 Å². The van der Waals surface area contributed by atoms with Gasteiger partial charge in [-0.25, -0.2) is 4.39 Å². The molecule has 0 aliphatic heterocycles. The van der Waals surface area contributed by atoms with Crippen molar-refractivity contribution >= 4 is 5.69 Å². The molecule has 0 atom stereocenters. The van der Waals surface area contributed by atoms with Gasteiger partial charge in [-0.05, 0) is 31.2 Å². The first kappa shape index (κ1) is 12.5. The van der Waals surface area contributed by atoms with E-state index in [-0.39, 0.29) is 5.82 Å². The van der Waals surface area contributed by atoms with Gasteiger partial charge in [-0.15, -0.1) is 0 Å². The quantitative estimate of drug-likeness (QED) is 0.760. The second-order valence-electron chi connectivity index (χ2n) is 4.51. The van der Waals surface area contributed by atoms with Gasteiger partial charge in [-0.2, -0.15) is 5.10 Å². The minimum absolute atomic E-state index is 0.272. The maximum Gasteiger partial charge on any atom is 0.152 e. The summed E-state index contributed by atoms with van der Waals surface area (Å²) < 4.78 is 19.1. The predicted molar refractivity (Wildman–Crippen MR) is 74.8 cm³/mol. The first-order valence-electron chi connectivity index (χ1n) is 6.31. The van der Waals surface area contributed by atoms with Crippen molar-refractivity contribution < 1.29 is 8.81 Å². The molecule has 0 bridgehead atoms. The van der Waals surface area contributed by atoms with Crippen molar-refractivity contribution in [2.45, 2.75) is 13.5 Å². The van der Waals surface area contributed by atoms with Gasteiger partial charge in [-0.1, -0.05) is 12.1 Å². The Hall–Kier alpha value is -2.56. The fraction of sp³-hybridized carbons (Fsp3) is 0.133. The molecule has 0 unspecified atom stereocenters. The van der Waals surface area contributed by atoms with Crippen molar-refractivity contribution in [2.24, 2.45) is 0 Å². The van der Waals surface area contributed by atoms with Crippen LogP contribution in [0.4, 0.5) is 10.1 Å². The summed E-state index contributed by atoms with van der Waals surface area (Å²) in [5, 5.41) is 9.99. The molecule has 0 amide bonds. The van der Waals surface area contributed by atoms with Crippen molar-refractivity contribution in [3.8, 4) is 11.5 Å². The minimum Gasteiger partial charge on any atom is -0.460 e. The number of anilines is 1. The zero-order valence-corrected chi connectivity index (χ0v) is 11.0. The van der Waals surface area contributed by atoms with Crippen LogP contribution in [-0.2, 0) is 6.54 Å². The molecule has 5 heteroatoms. The van der Waals surface area contributed by atoms with E-state index >= 15 is 0 Å². The smallest absolute Gasteiger partial charge is 0.152 e. The van der Waals surface area contributed by atoms with Crippen LogP contribution in [0.3, 0.4) is 0 Å². The molecular formula is C15H14FN3O. The van der Waals surface area contributed by atoms with Gasteiger partial charge in [0.25, 0.3) is 0 Å². The Bertz CT molecular complexity index is 717. The third kappa shape index (κ3) is 2.42. The maximum absolute atomic E-state index is 13.5. The molecule has 0 radical (unpaired) electrons. The Morgan fingerprint density at radius 3 is 2.85 bits per heavy atom. The minimum atomic E-state index is -0.272. The molecular weight excluding hydrogens is 257 g/mol. The second kappa shape index (κ2) is 5.21. The molecule has 0 saturated carbocycles. The Morgan fingerprint density at radius 1 is 1.25 bits per heavy atom. The summed E-state index contributed by atoms with van der Waals surface area (Å²) in [5.41, 5.74) is 2.19. The molecule has 102 valence electrons. The lowest BCUT2D eigenvalue weighted by Gasteiger charge is -2.06. The molecule has 0 spiro atoms. The molecule has 3 rings (SSSR count). The first-order chi connectivity index (χ1) is 9.74. The topological polar surface area (TPSA) is 53.9 Å². The van der Waals surface area contributed by atoms with Gasteiger partial charge >= 0.3 is 0 Å². The lowest BCUT2D eigenvalue weighted by atomic mass is 10.2. The normalized spacial score (nSPS) is 10.7. The standard InChI is InChI=1S/C15H14FN3O/c1-10-6-7-14(20-10)15-11(9-18-19-15)8-17-13-5-3-2-4-12(13)16/h2-7,9,17H,8H2,1H3,(H,18,19). The third-order valence-electron chi connectivity index (χ3n) is 3.05. The van der Waals surface area contributed by atoms with Crippen molar-refractivity contribution in [1.82, 2.24) is 10.2 Å². The molecule has 20 heavy (non-hydrogen) atoms. The van der Waals surface area contributed by atoms with Crippen LogP contribution < -0.4 is 5.32 Å². The summed E-state index contributed by atoms with van der Waals surface area (Å²) in [6, 6.07) is 10.4. The highest BCUT2D eigenvalue weighted by molar-refractivity contribution is 5.58.